The maximum atomic E-state index is 12.2. The van der Waals surface area contributed by atoms with E-state index in [0.717, 1.165) is 5.56 Å². The molecule has 1 atom stereocenters. The van der Waals surface area contributed by atoms with Crippen LogP contribution in [0.15, 0.2) is 40.6 Å². The molecule has 0 unspecified atom stereocenters. The number of nitrogens with zero attached hydrogens (tertiary/aromatic N) is 2. The van der Waals surface area contributed by atoms with Crippen LogP contribution >= 0.6 is 23.1 Å². The fourth-order valence-corrected chi connectivity index (χ4v) is 4.08. The molecule has 1 aromatic carbocycles. The molecule has 1 amide bonds. The number of aryl methyl sites for hydroxylation is 2. The lowest BCUT2D eigenvalue weighted by Crippen LogP contribution is -2.28. The normalized spacial score (nSPS) is 12.3. The van der Waals surface area contributed by atoms with Crippen LogP contribution < -0.4 is 10.9 Å². The fourth-order valence-electron chi connectivity index (χ4n) is 2.61. The molecule has 0 fully saturated rings. The SMILES string of the molecule is Cc1ccc([C@H](C)NC(=O)CSCc2cc(=O)n3ccsc3n2)cc1C. The molecule has 2 heterocycles. The van der Waals surface area contributed by atoms with Crippen LogP contribution in [0.4, 0.5) is 0 Å². The summed E-state index contributed by atoms with van der Waals surface area (Å²) in [4.78, 5) is 29.3. The zero-order valence-electron chi connectivity index (χ0n) is 15.0. The lowest BCUT2D eigenvalue weighted by atomic mass is 10.0. The van der Waals surface area contributed by atoms with Gasteiger partial charge in [-0.05, 0) is 37.5 Å². The summed E-state index contributed by atoms with van der Waals surface area (Å²) in [5.74, 6) is 0.852. The predicted molar refractivity (Wildman–Crippen MR) is 108 cm³/mol. The summed E-state index contributed by atoms with van der Waals surface area (Å²) in [6.45, 7) is 6.13. The first-order valence-electron chi connectivity index (χ1n) is 8.34. The first-order chi connectivity index (χ1) is 12.4. The minimum Gasteiger partial charge on any atom is -0.349 e. The largest absolute Gasteiger partial charge is 0.349 e. The van der Waals surface area contributed by atoms with Gasteiger partial charge in [0.25, 0.3) is 5.56 Å². The number of benzene rings is 1. The van der Waals surface area contributed by atoms with Crippen LogP contribution in [-0.4, -0.2) is 21.0 Å². The Morgan fingerprint density at radius 2 is 2.12 bits per heavy atom. The van der Waals surface area contributed by atoms with Crippen molar-refractivity contribution in [3.8, 4) is 0 Å². The topological polar surface area (TPSA) is 63.5 Å². The molecule has 2 aromatic heterocycles. The molecule has 0 spiro atoms. The highest BCUT2D eigenvalue weighted by Crippen LogP contribution is 2.17. The molecule has 0 saturated carbocycles. The van der Waals surface area contributed by atoms with Gasteiger partial charge in [-0.3, -0.25) is 14.0 Å². The van der Waals surface area contributed by atoms with E-state index >= 15 is 0 Å². The number of carbonyl (C=O) groups excluding carboxylic acids is 1. The van der Waals surface area contributed by atoms with Crippen molar-refractivity contribution in [3.05, 3.63) is 68.6 Å². The van der Waals surface area contributed by atoms with Gasteiger partial charge in [0, 0.05) is 23.4 Å². The Hall–Kier alpha value is -2.12. The van der Waals surface area contributed by atoms with Crippen molar-refractivity contribution in [2.24, 2.45) is 0 Å². The van der Waals surface area contributed by atoms with Gasteiger partial charge in [0.05, 0.1) is 17.5 Å². The van der Waals surface area contributed by atoms with Crippen molar-refractivity contribution in [1.29, 1.82) is 0 Å². The summed E-state index contributed by atoms with van der Waals surface area (Å²) in [6, 6.07) is 7.73. The standard InChI is InChI=1S/C19H21N3O2S2/c1-12-4-5-15(8-13(12)2)14(3)20-17(23)11-25-10-16-9-18(24)22-6-7-26-19(22)21-16/h4-9,14H,10-11H2,1-3H3,(H,20,23)/t14-/m0/s1. The Labute approximate surface area is 160 Å². The number of hydrogen-bond donors (Lipinski definition) is 1. The minimum atomic E-state index is -0.0836. The molecule has 3 aromatic rings. The van der Waals surface area contributed by atoms with Gasteiger partial charge in [-0.25, -0.2) is 4.98 Å². The molecule has 26 heavy (non-hydrogen) atoms. The number of carbonyl (C=O) groups is 1. The number of amides is 1. The quantitative estimate of drug-likeness (QED) is 0.703. The van der Waals surface area contributed by atoms with Crippen molar-refractivity contribution < 1.29 is 4.79 Å². The van der Waals surface area contributed by atoms with Crippen LogP contribution in [-0.2, 0) is 10.5 Å². The van der Waals surface area contributed by atoms with Gasteiger partial charge in [0.1, 0.15) is 0 Å². The number of aromatic nitrogens is 2. The Kier molecular flexibility index (Phi) is 5.78. The molecule has 3 rings (SSSR count). The van der Waals surface area contributed by atoms with E-state index in [4.69, 9.17) is 0 Å². The zero-order chi connectivity index (χ0) is 18.7. The Morgan fingerprint density at radius 1 is 1.31 bits per heavy atom. The number of fused-ring (bicyclic) bond motifs is 1. The third-order valence-electron chi connectivity index (χ3n) is 4.25. The first kappa shape index (κ1) is 18.7. The molecule has 0 aliphatic carbocycles. The van der Waals surface area contributed by atoms with Crippen molar-refractivity contribution >= 4 is 34.0 Å². The van der Waals surface area contributed by atoms with Gasteiger partial charge < -0.3 is 5.32 Å². The van der Waals surface area contributed by atoms with Gasteiger partial charge >= 0.3 is 0 Å². The summed E-state index contributed by atoms with van der Waals surface area (Å²) < 4.78 is 1.52. The van der Waals surface area contributed by atoms with Crippen LogP contribution in [0.1, 0.15) is 35.3 Å². The van der Waals surface area contributed by atoms with E-state index in [1.165, 1.54) is 44.7 Å². The van der Waals surface area contributed by atoms with Gasteiger partial charge in [0.15, 0.2) is 4.96 Å². The first-order valence-corrected chi connectivity index (χ1v) is 10.4. The molecule has 136 valence electrons. The van der Waals surface area contributed by atoms with Gasteiger partial charge in [-0.15, -0.1) is 23.1 Å². The second-order valence-corrected chi connectivity index (χ2v) is 8.13. The third kappa shape index (κ3) is 4.34. The van der Waals surface area contributed by atoms with Gasteiger partial charge in [-0.1, -0.05) is 18.2 Å². The van der Waals surface area contributed by atoms with Crippen molar-refractivity contribution in [3.63, 3.8) is 0 Å². The smallest absolute Gasteiger partial charge is 0.258 e. The Bertz CT molecular complexity index is 994. The van der Waals surface area contributed by atoms with Crippen LogP contribution in [0.2, 0.25) is 0 Å². The monoisotopic (exact) mass is 387 g/mol. The summed E-state index contributed by atoms with van der Waals surface area (Å²) in [6.07, 6.45) is 1.72. The number of thiazole rings is 1. The van der Waals surface area contributed by atoms with Gasteiger partial charge in [0.2, 0.25) is 5.91 Å². The van der Waals surface area contributed by atoms with Gasteiger partial charge in [-0.2, -0.15) is 0 Å². The molecular weight excluding hydrogens is 366 g/mol. The summed E-state index contributed by atoms with van der Waals surface area (Å²) >= 11 is 2.89. The van der Waals surface area contributed by atoms with Crippen LogP contribution in [0.5, 0.6) is 0 Å². The molecule has 0 bridgehead atoms. The van der Waals surface area contributed by atoms with E-state index in [2.05, 4.69) is 36.3 Å². The van der Waals surface area contributed by atoms with Crippen molar-refractivity contribution in [2.75, 3.05) is 5.75 Å². The Morgan fingerprint density at radius 3 is 2.88 bits per heavy atom. The van der Waals surface area contributed by atoms with Crippen LogP contribution in [0, 0.1) is 13.8 Å². The molecule has 0 aliphatic heterocycles. The molecule has 1 N–H and O–H groups in total. The zero-order valence-corrected chi connectivity index (χ0v) is 16.6. The number of hydrogen-bond acceptors (Lipinski definition) is 5. The molecule has 7 heteroatoms. The fraction of sp³-hybridized carbons (Fsp3) is 0.316. The minimum absolute atomic E-state index is 0.0188. The highest BCUT2D eigenvalue weighted by atomic mass is 32.2. The lowest BCUT2D eigenvalue weighted by Gasteiger charge is -2.15. The second-order valence-electron chi connectivity index (χ2n) is 6.27. The predicted octanol–water partition coefficient (Wildman–Crippen LogP) is 3.48. The summed E-state index contributed by atoms with van der Waals surface area (Å²) in [5, 5.41) is 4.86. The average Bonchev–Trinajstić information content (AvgIpc) is 3.06. The van der Waals surface area contributed by atoms with Crippen LogP contribution in [0.25, 0.3) is 4.96 Å². The molecule has 0 radical (unpaired) electrons. The van der Waals surface area contributed by atoms with E-state index in [1.807, 2.05) is 18.4 Å². The third-order valence-corrected chi connectivity index (χ3v) is 5.97. The van der Waals surface area contributed by atoms with Crippen LogP contribution in [0.3, 0.4) is 0 Å². The lowest BCUT2D eigenvalue weighted by molar-refractivity contribution is -0.119. The number of nitrogens with one attached hydrogen (secondary N) is 1. The van der Waals surface area contributed by atoms with Crippen molar-refractivity contribution in [1.82, 2.24) is 14.7 Å². The molecular formula is C19H21N3O2S2. The molecule has 0 aliphatic rings. The molecule has 5 nitrogen and oxygen atoms in total. The van der Waals surface area contributed by atoms with E-state index in [9.17, 15) is 9.59 Å². The van der Waals surface area contributed by atoms with E-state index in [0.29, 0.717) is 22.2 Å². The maximum absolute atomic E-state index is 12.2. The highest BCUT2D eigenvalue weighted by Gasteiger charge is 2.11. The average molecular weight is 388 g/mol. The molecule has 0 saturated heterocycles. The van der Waals surface area contributed by atoms with E-state index in [-0.39, 0.29) is 17.5 Å². The summed E-state index contributed by atoms with van der Waals surface area (Å²) in [5.41, 5.74) is 4.19. The number of thioether (sulfide) groups is 1. The highest BCUT2D eigenvalue weighted by molar-refractivity contribution is 7.99. The maximum Gasteiger partial charge on any atom is 0.258 e. The number of rotatable bonds is 6. The van der Waals surface area contributed by atoms with E-state index in [1.54, 1.807) is 6.20 Å². The summed E-state index contributed by atoms with van der Waals surface area (Å²) in [7, 11) is 0. The van der Waals surface area contributed by atoms with Crippen molar-refractivity contribution in [2.45, 2.75) is 32.6 Å². The second kappa shape index (κ2) is 8.05. The Balaban J connectivity index is 1.53. The van der Waals surface area contributed by atoms with E-state index < -0.39 is 0 Å².